The Balaban J connectivity index is 1.16. The molecule has 2 unspecified atom stereocenters. The highest BCUT2D eigenvalue weighted by Gasteiger charge is 2.24. The number of anilines is 1. The Morgan fingerprint density at radius 1 is 1.03 bits per heavy atom. The van der Waals surface area contributed by atoms with E-state index in [1.807, 2.05) is 49.5 Å². The molecule has 7 nitrogen and oxygen atoms in total. The van der Waals surface area contributed by atoms with Gasteiger partial charge in [0.15, 0.2) is 0 Å². The van der Waals surface area contributed by atoms with Crippen molar-refractivity contribution in [3.63, 3.8) is 0 Å². The summed E-state index contributed by atoms with van der Waals surface area (Å²) < 4.78 is 0. The Morgan fingerprint density at radius 3 is 2.53 bits per heavy atom. The smallest absolute Gasteiger partial charge is 0.234 e. The molecule has 2 atom stereocenters. The molecule has 2 aromatic carbocycles. The number of benzene rings is 2. The van der Waals surface area contributed by atoms with Crippen LogP contribution in [0.2, 0.25) is 0 Å². The number of pyridine rings is 1. The molecule has 1 fully saturated rings. The lowest BCUT2D eigenvalue weighted by atomic mass is 10.0. The van der Waals surface area contributed by atoms with Gasteiger partial charge in [0, 0.05) is 55.7 Å². The molecule has 2 aliphatic heterocycles. The van der Waals surface area contributed by atoms with Crippen molar-refractivity contribution < 1.29 is 15.0 Å². The number of nitrogens with one attached hydrogen (secondary N) is 1. The minimum Gasteiger partial charge on any atom is -0.387 e. The van der Waals surface area contributed by atoms with Gasteiger partial charge < -0.3 is 15.5 Å². The van der Waals surface area contributed by atoms with Crippen molar-refractivity contribution in [3.8, 4) is 0 Å². The van der Waals surface area contributed by atoms with Crippen molar-refractivity contribution in [3.05, 3.63) is 65.4 Å². The first-order valence-electron chi connectivity index (χ1n) is 11.7. The van der Waals surface area contributed by atoms with Crippen LogP contribution in [0.5, 0.6) is 0 Å². The molecule has 1 aromatic heterocycles. The number of carbonyl (C=O) groups excluding carboxylic acids is 1. The zero-order chi connectivity index (χ0) is 23.7. The fourth-order valence-electron chi connectivity index (χ4n) is 4.72. The standard InChI is InChI=1S/C26H30N4O3S/c1-17-11-20-19(3-2-4-21(20)27-13-17)24(32)15-30-9-7-29(8-10-30)14-23(31)18-5-6-25-22(12-18)28-26(33)16-34-25/h2-6,11-13,23-24,31-32H,7-10,14-16H2,1H3,(H,28,33). The maximum Gasteiger partial charge on any atom is 0.234 e. The van der Waals surface area contributed by atoms with Crippen LogP contribution in [0, 0.1) is 6.92 Å². The van der Waals surface area contributed by atoms with Crippen molar-refractivity contribution in [2.24, 2.45) is 0 Å². The lowest BCUT2D eigenvalue weighted by Crippen LogP contribution is -2.48. The molecule has 3 aromatic rings. The van der Waals surface area contributed by atoms with E-state index in [4.69, 9.17) is 0 Å². The Morgan fingerprint density at radius 2 is 1.76 bits per heavy atom. The quantitative estimate of drug-likeness (QED) is 0.502. The lowest BCUT2D eigenvalue weighted by molar-refractivity contribution is -0.113. The summed E-state index contributed by atoms with van der Waals surface area (Å²) in [6.45, 7) is 6.47. The van der Waals surface area contributed by atoms with E-state index in [0.29, 0.717) is 18.8 Å². The number of hydrogen-bond donors (Lipinski definition) is 3. The number of hydrogen-bond acceptors (Lipinski definition) is 7. The normalized spacial score (nSPS) is 19.0. The van der Waals surface area contributed by atoms with Crippen molar-refractivity contribution in [1.29, 1.82) is 0 Å². The molecule has 0 radical (unpaired) electrons. The highest BCUT2D eigenvalue weighted by atomic mass is 32.2. The number of β-amino-alcohol motifs (C(OH)–C–C–N with tert-alkyl or cyclic N) is 2. The number of aryl methyl sites for hydroxylation is 1. The number of rotatable bonds is 6. The summed E-state index contributed by atoms with van der Waals surface area (Å²) in [4.78, 5) is 21.7. The number of amides is 1. The number of fused-ring (bicyclic) bond motifs is 2. The van der Waals surface area contributed by atoms with Gasteiger partial charge in [0.2, 0.25) is 5.91 Å². The van der Waals surface area contributed by atoms with Gasteiger partial charge in [0.1, 0.15) is 0 Å². The SMILES string of the molecule is Cc1cnc2cccc(C(O)CN3CCN(CC(O)c4ccc5c(c4)NC(=O)CS5)CC3)c2c1. The van der Waals surface area contributed by atoms with Crippen molar-refractivity contribution in [2.45, 2.75) is 24.0 Å². The third-order valence-corrected chi connectivity index (χ3v) is 7.68. The summed E-state index contributed by atoms with van der Waals surface area (Å²) >= 11 is 1.52. The van der Waals surface area contributed by atoms with Crippen molar-refractivity contribution in [1.82, 2.24) is 14.8 Å². The highest BCUT2D eigenvalue weighted by Crippen LogP contribution is 2.33. The summed E-state index contributed by atoms with van der Waals surface area (Å²) in [5.74, 6) is 0.433. The molecule has 3 heterocycles. The number of aliphatic hydroxyl groups excluding tert-OH is 2. The van der Waals surface area contributed by atoms with Gasteiger partial charge in [0.05, 0.1) is 29.2 Å². The number of aliphatic hydroxyl groups is 2. The monoisotopic (exact) mass is 478 g/mol. The van der Waals surface area contributed by atoms with E-state index >= 15 is 0 Å². The average Bonchev–Trinajstić information content (AvgIpc) is 2.84. The van der Waals surface area contributed by atoms with E-state index in [9.17, 15) is 15.0 Å². The number of aromatic nitrogens is 1. The Labute approximate surface area is 203 Å². The topological polar surface area (TPSA) is 88.9 Å². The molecule has 3 N–H and O–H groups in total. The predicted octanol–water partition coefficient (Wildman–Crippen LogP) is 2.97. The fourth-order valence-corrected chi connectivity index (χ4v) is 5.51. The average molecular weight is 479 g/mol. The second-order valence-corrected chi connectivity index (χ2v) is 10.2. The van der Waals surface area contributed by atoms with E-state index in [0.717, 1.165) is 64.4 Å². The summed E-state index contributed by atoms with van der Waals surface area (Å²) in [5.41, 5.74) is 4.51. The largest absolute Gasteiger partial charge is 0.387 e. The number of nitrogens with zero attached hydrogens (tertiary/aromatic N) is 3. The zero-order valence-electron chi connectivity index (χ0n) is 19.3. The molecule has 34 heavy (non-hydrogen) atoms. The molecule has 0 bridgehead atoms. The second-order valence-electron chi connectivity index (χ2n) is 9.15. The lowest BCUT2D eigenvalue weighted by Gasteiger charge is -2.36. The number of thioether (sulfide) groups is 1. The summed E-state index contributed by atoms with van der Waals surface area (Å²) in [6.07, 6.45) is 0.663. The zero-order valence-corrected chi connectivity index (χ0v) is 20.1. The van der Waals surface area contributed by atoms with Gasteiger partial charge in [-0.1, -0.05) is 18.2 Å². The van der Waals surface area contributed by atoms with Crippen LogP contribution in [-0.4, -0.2) is 75.9 Å². The van der Waals surface area contributed by atoms with Gasteiger partial charge >= 0.3 is 0 Å². The van der Waals surface area contributed by atoms with Crippen LogP contribution in [0.25, 0.3) is 10.9 Å². The van der Waals surface area contributed by atoms with Crippen molar-refractivity contribution >= 4 is 34.3 Å². The van der Waals surface area contributed by atoms with Crippen LogP contribution < -0.4 is 5.32 Å². The summed E-state index contributed by atoms with van der Waals surface area (Å²) in [6, 6.07) is 13.8. The Bertz CT molecular complexity index is 1200. The minimum absolute atomic E-state index is 0.00246. The molecule has 0 aliphatic carbocycles. The Hall–Kier alpha value is -2.49. The van der Waals surface area contributed by atoms with Crippen molar-refractivity contribution in [2.75, 3.05) is 50.3 Å². The second kappa shape index (κ2) is 10.0. The first kappa shape index (κ1) is 23.3. The molecule has 0 spiro atoms. The summed E-state index contributed by atoms with van der Waals surface area (Å²) in [5, 5.41) is 25.7. The molecular formula is C26H30N4O3S. The van der Waals surface area contributed by atoms with Crippen LogP contribution in [0.3, 0.4) is 0 Å². The van der Waals surface area contributed by atoms with Crippen LogP contribution in [0.1, 0.15) is 28.9 Å². The van der Waals surface area contributed by atoms with Gasteiger partial charge in [-0.2, -0.15) is 0 Å². The molecule has 2 aliphatic rings. The first-order chi connectivity index (χ1) is 16.5. The molecule has 1 saturated heterocycles. The highest BCUT2D eigenvalue weighted by molar-refractivity contribution is 8.00. The maximum absolute atomic E-state index is 11.7. The Kier molecular flexibility index (Phi) is 6.85. The van der Waals surface area contributed by atoms with E-state index < -0.39 is 12.2 Å². The van der Waals surface area contributed by atoms with Gasteiger partial charge in [-0.3, -0.25) is 19.6 Å². The van der Waals surface area contributed by atoms with E-state index in [2.05, 4.69) is 26.2 Å². The molecule has 5 rings (SSSR count). The third-order valence-electron chi connectivity index (χ3n) is 6.60. The summed E-state index contributed by atoms with van der Waals surface area (Å²) in [7, 11) is 0. The molecule has 1 amide bonds. The van der Waals surface area contributed by atoms with Crippen LogP contribution >= 0.6 is 11.8 Å². The predicted molar refractivity (Wildman–Crippen MR) is 135 cm³/mol. The van der Waals surface area contributed by atoms with E-state index in [1.165, 1.54) is 11.8 Å². The van der Waals surface area contributed by atoms with Gasteiger partial charge in [-0.25, -0.2) is 0 Å². The van der Waals surface area contributed by atoms with Gasteiger partial charge in [0.25, 0.3) is 0 Å². The molecule has 8 heteroatoms. The van der Waals surface area contributed by atoms with E-state index in [-0.39, 0.29) is 5.91 Å². The number of carbonyl (C=O) groups is 1. The first-order valence-corrected chi connectivity index (χ1v) is 12.7. The van der Waals surface area contributed by atoms with Crippen LogP contribution in [0.15, 0.2) is 53.6 Å². The molecule has 178 valence electrons. The fraction of sp³-hybridized carbons (Fsp3) is 0.385. The maximum atomic E-state index is 11.7. The minimum atomic E-state index is -0.613. The van der Waals surface area contributed by atoms with Crippen LogP contribution in [0.4, 0.5) is 5.69 Å². The van der Waals surface area contributed by atoms with Gasteiger partial charge in [-0.15, -0.1) is 11.8 Å². The van der Waals surface area contributed by atoms with E-state index in [1.54, 1.807) is 0 Å². The third kappa shape index (κ3) is 5.11. The molecular weight excluding hydrogens is 448 g/mol. The van der Waals surface area contributed by atoms with Crippen LogP contribution in [-0.2, 0) is 4.79 Å². The molecule has 0 saturated carbocycles. The number of piperazine rings is 1. The van der Waals surface area contributed by atoms with Gasteiger partial charge in [-0.05, 0) is 47.9 Å².